The highest BCUT2D eigenvalue weighted by Gasteiger charge is 2.14. The standard InChI is InChI=1S/C18H19N7O2/c1-23-7-6-21-17(23)12-24(11-15-19-4-5-20-15)8-13-2-3-16-22-14(18(26)27)10-25(16)9-13/h2-7,9-10H,8,11-12H2,1H3,(H,19,20)(H,26,27). The number of imidazole rings is 3. The summed E-state index contributed by atoms with van der Waals surface area (Å²) < 4.78 is 3.73. The van der Waals surface area contributed by atoms with Crippen LogP contribution in [0.1, 0.15) is 27.7 Å². The van der Waals surface area contributed by atoms with E-state index >= 15 is 0 Å². The molecular formula is C18H19N7O2. The van der Waals surface area contributed by atoms with Crippen LogP contribution in [0.25, 0.3) is 5.65 Å². The van der Waals surface area contributed by atoms with Gasteiger partial charge in [0.15, 0.2) is 5.69 Å². The molecule has 0 aliphatic carbocycles. The third kappa shape index (κ3) is 3.72. The topological polar surface area (TPSA) is 104 Å². The first-order valence-electron chi connectivity index (χ1n) is 8.46. The molecule has 138 valence electrons. The molecule has 0 bridgehead atoms. The van der Waals surface area contributed by atoms with Gasteiger partial charge in [-0.1, -0.05) is 6.07 Å². The first-order valence-corrected chi connectivity index (χ1v) is 8.46. The lowest BCUT2D eigenvalue weighted by atomic mass is 10.2. The molecule has 0 fully saturated rings. The predicted octanol–water partition coefficient (Wildman–Crippen LogP) is 1.69. The highest BCUT2D eigenvalue weighted by Crippen LogP contribution is 2.14. The molecule has 9 nitrogen and oxygen atoms in total. The van der Waals surface area contributed by atoms with E-state index < -0.39 is 5.97 Å². The largest absolute Gasteiger partial charge is 0.476 e. The van der Waals surface area contributed by atoms with Crippen molar-refractivity contribution in [3.8, 4) is 0 Å². The van der Waals surface area contributed by atoms with Crippen LogP contribution < -0.4 is 0 Å². The lowest BCUT2D eigenvalue weighted by Crippen LogP contribution is -2.24. The average Bonchev–Trinajstić information content (AvgIpc) is 3.36. The van der Waals surface area contributed by atoms with E-state index in [1.165, 1.54) is 6.20 Å². The normalized spacial score (nSPS) is 11.5. The Labute approximate surface area is 154 Å². The maximum atomic E-state index is 11.1. The molecular weight excluding hydrogens is 346 g/mol. The summed E-state index contributed by atoms with van der Waals surface area (Å²) in [6.07, 6.45) is 10.7. The van der Waals surface area contributed by atoms with Gasteiger partial charge < -0.3 is 19.1 Å². The van der Waals surface area contributed by atoms with Crippen molar-refractivity contribution in [2.24, 2.45) is 7.05 Å². The molecule has 0 aromatic carbocycles. The third-order valence-electron chi connectivity index (χ3n) is 4.35. The Balaban J connectivity index is 1.58. The van der Waals surface area contributed by atoms with Gasteiger partial charge in [0.05, 0.1) is 13.1 Å². The van der Waals surface area contributed by atoms with E-state index in [1.807, 2.05) is 36.1 Å². The van der Waals surface area contributed by atoms with E-state index in [2.05, 4.69) is 24.8 Å². The molecule has 4 rings (SSSR count). The Kier molecular flexibility index (Phi) is 4.43. The number of hydrogen-bond donors (Lipinski definition) is 2. The SMILES string of the molecule is Cn1ccnc1CN(Cc1ccc2nc(C(=O)O)cn2c1)Cc1ncc[nH]1. The number of fused-ring (bicyclic) bond motifs is 1. The van der Waals surface area contributed by atoms with Crippen molar-refractivity contribution in [1.29, 1.82) is 0 Å². The zero-order valence-corrected chi connectivity index (χ0v) is 14.8. The second kappa shape index (κ2) is 7.04. The van der Waals surface area contributed by atoms with Gasteiger partial charge in [0.25, 0.3) is 0 Å². The van der Waals surface area contributed by atoms with E-state index in [0.717, 1.165) is 17.2 Å². The summed E-state index contributed by atoms with van der Waals surface area (Å²) in [6, 6.07) is 3.79. The second-order valence-electron chi connectivity index (χ2n) is 6.37. The monoisotopic (exact) mass is 365 g/mol. The van der Waals surface area contributed by atoms with Crippen molar-refractivity contribution >= 4 is 11.6 Å². The van der Waals surface area contributed by atoms with Gasteiger partial charge in [0, 0.05) is 50.8 Å². The Morgan fingerprint density at radius 2 is 2.07 bits per heavy atom. The number of carbonyl (C=O) groups is 1. The van der Waals surface area contributed by atoms with Crippen LogP contribution in [0, 0.1) is 0 Å². The van der Waals surface area contributed by atoms with E-state index in [0.29, 0.717) is 25.3 Å². The highest BCUT2D eigenvalue weighted by atomic mass is 16.4. The van der Waals surface area contributed by atoms with Gasteiger partial charge >= 0.3 is 5.97 Å². The summed E-state index contributed by atoms with van der Waals surface area (Å²) >= 11 is 0. The molecule has 4 heterocycles. The molecule has 0 amide bonds. The molecule has 0 saturated heterocycles. The van der Waals surface area contributed by atoms with Crippen molar-refractivity contribution < 1.29 is 9.90 Å². The van der Waals surface area contributed by atoms with Gasteiger partial charge in [0.1, 0.15) is 17.3 Å². The van der Waals surface area contributed by atoms with Crippen LogP contribution in [0.3, 0.4) is 0 Å². The summed E-state index contributed by atoms with van der Waals surface area (Å²) in [6.45, 7) is 1.96. The predicted molar refractivity (Wildman–Crippen MR) is 96.9 cm³/mol. The third-order valence-corrected chi connectivity index (χ3v) is 4.35. The van der Waals surface area contributed by atoms with Crippen molar-refractivity contribution in [3.63, 3.8) is 0 Å². The number of H-pyrrole nitrogens is 1. The lowest BCUT2D eigenvalue weighted by Gasteiger charge is -2.21. The van der Waals surface area contributed by atoms with Gasteiger partial charge in [-0.25, -0.2) is 19.7 Å². The van der Waals surface area contributed by atoms with E-state index in [9.17, 15) is 4.79 Å². The molecule has 2 N–H and O–H groups in total. The van der Waals surface area contributed by atoms with Crippen LogP contribution >= 0.6 is 0 Å². The fraction of sp³-hybridized carbons (Fsp3) is 0.222. The Morgan fingerprint density at radius 3 is 2.78 bits per heavy atom. The average molecular weight is 365 g/mol. The number of nitrogens with zero attached hydrogens (tertiary/aromatic N) is 6. The summed E-state index contributed by atoms with van der Waals surface area (Å²) in [7, 11) is 1.97. The number of carboxylic acid groups (broad SMARTS) is 1. The maximum Gasteiger partial charge on any atom is 0.356 e. The molecule has 9 heteroatoms. The summed E-state index contributed by atoms with van der Waals surface area (Å²) in [4.78, 5) is 29.3. The fourth-order valence-electron chi connectivity index (χ4n) is 3.01. The number of aromatic nitrogens is 6. The minimum absolute atomic E-state index is 0.0348. The van der Waals surface area contributed by atoms with E-state index in [-0.39, 0.29) is 5.69 Å². The van der Waals surface area contributed by atoms with Crippen LogP contribution in [0.2, 0.25) is 0 Å². The summed E-state index contributed by atoms with van der Waals surface area (Å²) in [5.41, 5.74) is 1.68. The van der Waals surface area contributed by atoms with Gasteiger partial charge in [0.2, 0.25) is 0 Å². The van der Waals surface area contributed by atoms with E-state index in [4.69, 9.17) is 5.11 Å². The molecule has 0 saturated carbocycles. The van der Waals surface area contributed by atoms with Gasteiger partial charge in [-0.15, -0.1) is 0 Å². The number of aryl methyl sites for hydroxylation is 1. The fourth-order valence-corrected chi connectivity index (χ4v) is 3.01. The first kappa shape index (κ1) is 17.0. The van der Waals surface area contributed by atoms with Gasteiger partial charge in [-0.05, 0) is 11.6 Å². The molecule has 0 spiro atoms. The zero-order chi connectivity index (χ0) is 18.8. The number of rotatable bonds is 7. The van der Waals surface area contributed by atoms with Crippen LogP contribution in [-0.2, 0) is 26.7 Å². The van der Waals surface area contributed by atoms with Crippen molar-refractivity contribution in [2.75, 3.05) is 0 Å². The molecule has 0 unspecified atom stereocenters. The summed E-state index contributed by atoms with van der Waals surface area (Å²) in [5, 5.41) is 9.11. The number of nitrogens with one attached hydrogen (secondary N) is 1. The minimum atomic E-state index is -1.03. The summed E-state index contributed by atoms with van der Waals surface area (Å²) in [5.74, 6) is 0.800. The molecule has 0 aliphatic heterocycles. The molecule has 27 heavy (non-hydrogen) atoms. The molecule has 0 aliphatic rings. The Hall–Kier alpha value is -3.46. The number of pyridine rings is 1. The first-order chi connectivity index (χ1) is 13.1. The van der Waals surface area contributed by atoms with Crippen LogP contribution in [0.4, 0.5) is 0 Å². The number of carboxylic acids is 1. The van der Waals surface area contributed by atoms with Crippen molar-refractivity contribution in [2.45, 2.75) is 19.6 Å². The molecule has 0 atom stereocenters. The van der Waals surface area contributed by atoms with Crippen LogP contribution in [0.15, 0.2) is 49.3 Å². The van der Waals surface area contributed by atoms with Gasteiger partial charge in [-0.3, -0.25) is 4.90 Å². The molecule has 4 aromatic heterocycles. The van der Waals surface area contributed by atoms with Crippen LogP contribution in [0.5, 0.6) is 0 Å². The molecule has 0 radical (unpaired) electrons. The van der Waals surface area contributed by atoms with E-state index in [1.54, 1.807) is 23.0 Å². The van der Waals surface area contributed by atoms with Crippen LogP contribution in [-0.4, -0.2) is 44.9 Å². The van der Waals surface area contributed by atoms with Gasteiger partial charge in [-0.2, -0.15) is 0 Å². The lowest BCUT2D eigenvalue weighted by molar-refractivity contribution is 0.0691. The van der Waals surface area contributed by atoms with Crippen molar-refractivity contribution in [3.05, 3.63) is 72.2 Å². The second-order valence-corrected chi connectivity index (χ2v) is 6.37. The highest BCUT2D eigenvalue weighted by molar-refractivity contribution is 5.86. The number of hydrogen-bond acceptors (Lipinski definition) is 5. The smallest absolute Gasteiger partial charge is 0.356 e. The number of aromatic carboxylic acids is 1. The minimum Gasteiger partial charge on any atom is -0.476 e. The van der Waals surface area contributed by atoms with Crippen molar-refractivity contribution in [1.82, 2.24) is 33.8 Å². The Morgan fingerprint density at radius 1 is 1.19 bits per heavy atom. The Bertz CT molecular complexity index is 1060. The maximum absolute atomic E-state index is 11.1. The zero-order valence-electron chi connectivity index (χ0n) is 14.8. The molecule has 4 aromatic rings. The quantitative estimate of drug-likeness (QED) is 0.516. The number of aromatic amines is 1.